The van der Waals surface area contributed by atoms with Gasteiger partial charge in [0, 0.05) is 55.5 Å². The fraction of sp³-hybridized carbons (Fsp3) is 0.500. The van der Waals surface area contributed by atoms with Crippen LogP contribution in [0.25, 0.3) is 0 Å². The Bertz CT molecular complexity index is 835. The molecule has 2 fully saturated rings. The van der Waals surface area contributed by atoms with E-state index in [4.69, 9.17) is 0 Å². The van der Waals surface area contributed by atoms with Crippen LogP contribution in [0.2, 0.25) is 0 Å². The molecule has 0 amide bonds. The molecule has 0 N–H and O–H groups in total. The summed E-state index contributed by atoms with van der Waals surface area (Å²) in [5, 5.41) is 2.12. The van der Waals surface area contributed by atoms with E-state index in [2.05, 4.69) is 33.2 Å². The Hall–Kier alpha value is -1.28. The molecule has 0 spiro atoms. The van der Waals surface area contributed by atoms with E-state index in [0.717, 1.165) is 26.2 Å². The minimum atomic E-state index is -2.97. The molecule has 4 heterocycles. The molecule has 2 aromatic rings. The minimum absolute atomic E-state index is 0.0900. The fourth-order valence-corrected chi connectivity index (χ4v) is 6.94. The zero-order valence-electron chi connectivity index (χ0n) is 14.3. The maximum Gasteiger partial charge on any atom is 0.153 e. The highest BCUT2D eigenvalue weighted by Gasteiger charge is 2.46. The standard InChI is InChI=1S/C18H23N3O2S2/c1-14-4-9-24-18(14)11-21-8-7-20(10-15-2-5-19-6-3-15)16-12-25(22,23)13-17(16)21/h2-6,9,16-17H,7-8,10-13H2,1H3/t16-,17+/m1/s1. The van der Waals surface area contributed by atoms with Crippen molar-refractivity contribution in [1.29, 1.82) is 0 Å². The number of hydrogen-bond donors (Lipinski definition) is 0. The highest BCUT2D eigenvalue weighted by molar-refractivity contribution is 7.91. The maximum atomic E-state index is 12.3. The first-order valence-electron chi connectivity index (χ1n) is 8.62. The third-order valence-electron chi connectivity index (χ3n) is 5.36. The van der Waals surface area contributed by atoms with Crippen molar-refractivity contribution < 1.29 is 8.42 Å². The number of aryl methyl sites for hydroxylation is 1. The molecule has 134 valence electrons. The lowest BCUT2D eigenvalue weighted by atomic mass is 10.0. The third kappa shape index (κ3) is 3.65. The molecule has 25 heavy (non-hydrogen) atoms. The number of thiophene rings is 1. The van der Waals surface area contributed by atoms with Gasteiger partial charge in [0.25, 0.3) is 0 Å². The summed E-state index contributed by atoms with van der Waals surface area (Å²) in [6.07, 6.45) is 3.60. The zero-order valence-corrected chi connectivity index (χ0v) is 16.0. The van der Waals surface area contributed by atoms with Crippen molar-refractivity contribution in [3.05, 3.63) is 52.0 Å². The molecule has 0 unspecified atom stereocenters. The average molecular weight is 378 g/mol. The van der Waals surface area contributed by atoms with E-state index in [-0.39, 0.29) is 23.6 Å². The van der Waals surface area contributed by atoms with E-state index in [1.165, 1.54) is 16.0 Å². The molecule has 0 aliphatic carbocycles. The second-order valence-electron chi connectivity index (χ2n) is 7.03. The lowest BCUT2D eigenvalue weighted by Gasteiger charge is -2.44. The molecule has 0 radical (unpaired) electrons. The normalized spacial score (nSPS) is 26.6. The lowest BCUT2D eigenvalue weighted by molar-refractivity contribution is 0.0360. The van der Waals surface area contributed by atoms with Crippen molar-refractivity contribution in [3.63, 3.8) is 0 Å². The summed E-state index contributed by atoms with van der Waals surface area (Å²) in [6.45, 7) is 5.62. The highest BCUT2D eigenvalue weighted by Crippen LogP contribution is 2.30. The van der Waals surface area contributed by atoms with Gasteiger partial charge in [0.05, 0.1) is 11.5 Å². The number of fused-ring (bicyclic) bond motifs is 1. The van der Waals surface area contributed by atoms with Crippen LogP contribution in [0.3, 0.4) is 0 Å². The third-order valence-corrected chi connectivity index (χ3v) is 8.06. The van der Waals surface area contributed by atoms with Gasteiger partial charge >= 0.3 is 0 Å². The average Bonchev–Trinajstić information content (AvgIpc) is 3.13. The van der Waals surface area contributed by atoms with Gasteiger partial charge in [-0.2, -0.15) is 0 Å². The highest BCUT2D eigenvalue weighted by atomic mass is 32.2. The Morgan fingerprint density at radius 3 is 2.32 bits per heavy atom. The smallest absolute Gasteiger partial charge is 0.153 e. The Balaban J connectivity index is 1.54. The molecule has 5 nitrogen and oxygen atoms in total. The molecule has 2 atom stereocenters. The van der Waals surface area contributed by atoms with E-state index in [0.29, 0.717) is 0 Å². The molecule has 0 aromatic carbocycles. The zero-order chi connectivity index (χ0) is 17.4. The summed E-state index contributed by atoms with van der Waals surface area (Å²) in [5.41, 5.74) is 2.50. The topological polar surface area (TPSA) is 53.5 Å². The van der Waals surface area contributed by atoms with Crippen LogP contribution in [0, 0.1) is 6.92 Å². The van der Waals surface area contributed by atoms with E-state index in [1.54, 1.807) is 23.7 Å². The SMILES string of the molecule is Cc1ccsc1CN1CCN(Cc2ccncc2)[C@@H]2CS(=O)(=O)C[C@@H]21. The van der Waals surface area contributed by atoms with Gasteiger partial charge < -0.3 is 0 Å². The van der Waals surface area contributed by atoms with Gasteiger partial charge in [-0.25, -0.2) is 8.42 Å². The molecule has 2 aromatic heterocycles. The van der Waals surface area contributed by atoms with Gasteiger partial charge in [0.15, 0.2) is 9.84 Å². The summed E-state index contributed by atoms with van der Waals surface area (Å²) in [4.78, 5) is 10.2. The second kappa shape index (κ2) is 6.79. The Morgan fingerprint density at radius 2 is 1.72 bits per heavy atom. The minimum Gasteiger partial charge on any atom is -0.292 e. The van der Waals surface area contributed by atoms with Crippen LogP contribution in [-0.2, 0) is 22.9 Å². The van der Waals surface area contributed by atoms with Crippen molar-refractivity contribution in [2.45, 2.75) is 32.1 Å². The Kier molecular flexibility index (Phi) is 4.66. The van der Waals surface area contributed by atoms with Gasteiger partial charge in [-0.3, -0.25) is 14.8 Å². The van der Waals surface area contributed by atoms with Crippen LogP contribution < -0.4 is 0 Å². The van der Waals surface area contributed by atoms with Gasteiger partial charge in [0.2, 0.25) is 0 Å². The maximum absolute atomic E-state index is 12.3. The van der Waals surface area contributed by atoms with Crippen molar-refractivity contribution in [2.24, 2.45) is 0 Å². The van der Waals surface area contributed by atoms with E-state index in [1.807, 2.05) is 12.1 Å². The lowest BCUT2D eigenvalue weighted by Crippen LogP contribution is -2.58. The van der Waals surface area contributed by atoms with Crippen molar-refractivity contribution >= 4 is 21.2 Å². The monoisotopic (exact) mass is 377 g/mol. The number of pyridine rings is 1. The molecular weight excluding hydrogens is 354 g/mol. The number of piperazine rings is 1. The largest absolute Gasteiger partial charge is 0.292 e. The molecule has 0 bridgehead atoms. The van der Waals surface area contributed by atoms with Crippen LogP contribution in [-0.4, -0.2) is 59.9 Å². The summed E-state index contributed by atoms with van der Waals surface area (Å²) in [7, 11) is -2.97. The molecule has 4 rings (SSSR count). The van der Waals surface area contributed by atoms with Gasteiger partial charge in [0.1, 0.15) is 0 Å². The number of aromatic nitrogens is 1. The fourth-order valence-electron chi connectivity index (χ4n) is 3.96. The van der Waals surface area contributed by atoms with Gasteiger partial charge in [-0.15, -0.1) is 11.3 Å². The van der Waals surface area contributed by atoms with E-state index in [9.17, 15) is 8.42 Å². The van der Waals surface area contributed by atoms with Gasteiger partial charge in [-0.1, -0.05) is 0 Å². The number of hydrogen-bond acceptors (Lipinski definition) is 6. The van der Waals surface area contributed by atoms with Crippen LogP contribution in [0.4, 0.5) is 0 Å². The molecular formula is C18H23N3O2S2. The number of sulfone groups is 1. The Morgan fingerprint density at radius 1 is 1.08 bits per heavy atom. The quantitative estimate of drug-likeness (QED) is 0.815. The summed E-state index contributed by atoms with van der Waals surface area (Å²) >= 11 is 1.77. The second-order valence-corrected chi connectivity index (χ2v) is 10.2. The van der Waals surface area contributed by atoms with E-state index >= 15 is 0 Å². The molecule has 0 saturated carbocycles. The van der Waals surface area contributed by atoms with E-state index < -0.39 is 9.84 Å². The predicted molar refractivity (Wildman–Crippen MR) is 100 cm³/mol. The number of rotatable bonds is 4. The number of nitrogens with zero attached hydrogens (tertiary/aromatic N) is 3. The summed E-state index contributed by atoms with van der Waals surface area (Å²) in [6, 6.07) is 6.36. The molecule has 2 aliphatic heterocycles. The predicted octanol–water partition coefficient (Wildman–Crippen LogP) is 1.93. The summed E-state index contributed by atoms with van der Waals surface area (Å²) < 4.78 is 24.7. The molecule has 2 aliphatic rings. The first kappa shape index (κ1) is 17.1. The Labute approximate surface area is 153 Å². The molecule has 7 heteroatoms. The first-order chi connectivity index (χ1) is 12.0. The van der Waals surface area contributed by atoms with Crippen LogP contribution in [0.5, 0.6) is 0 Å². The van der Waals surface area contributed by atoms with Crippen LogP contribution in [0.1, 0.15) is 16.0 Å². The molecule has 2 saturated heterocycles. The van der Waals surface area contributed by atoms with Crippen LogP contribution >= 0.6 is 11.3 Å². The van der Waals surface area contributed by atoms with Crippen LogP contribution in [0.15, 0.2) is 36.0 Å². The van der Waals surface area contributed by atoms with Crippen molar-refractivity contribution in [2.75, 3.05) is 24.6 Å². The summed E-state index contributed by atoms with van der Waals surface area (Å²) in [5.74, 6) is 0.567. The van der Waals surface area contributed by atoms with Gasteiger partial charge in [-0.05, 0) is 41.6 Å². The first-order valence-corrected chi connectivity index (χ1v) is 11.3. The van der Waals surface area contributed by atoms with Crippen molar-refractivity contribution in [3.8, 4) is 0 Å². The van der Waals surface area contributed by atoms with Crippen molar-refractivity contribution in [1.82, 2.24) is 14.8 Å².